The summed E-state index contributed by atoms with van der Waals surface area (Å²) in [7, 11) is 0. The Bertz CT molecular complexity index is 506. The van der Waals surface area contributed by atoms with Crippen LogP contribution in [0.15, 0.2) is 18.2 Å². The van der Waals surface area contributed by atoms with E-state index in [-0.39, 0.29) is 11.6 Å². The first-order valence-electron chi connectivity index (χ1n) is 7.14. The van der Waals surface area contributed by atoms with Crippen LogP contribution >= 0.6 is 0 Å². The average Bonchev–Trinajstić information content (AvgIpc) is 2.37. The van der Waals surface area contributed by atoms with Crippen LogP contribution in [0.1, 0.15) is 48.0 Å². The Kier molecular flexibility index (Phi) is 4.71. The number of rotatable bonds is 2. The molecule has 2 rings (SSSR count). The van der Waals surface area contributed by atoms with E-state index in [2.05, 4.69) is 0 Å². The molecule has 0 aromatic heterocycles. The van der Waals surface area contributed by atoms with Crippen LogP contribution < -0.4 is 0 Å². The fraction of sp³-hybridized carbons (Fsp3) is 0.533. The van der Waals surface area contributed by atoms with Crippen molar-refractivity contribution in [3.63, 3.8) is 0 Å². The molecular weight excluding hydrogens is 256 g/mol. The predicted octanol–water partition coefficient (Wildman–Crippen LogP) is 3.31. The minimum Gasteiger partial charge on any atom is -0.339 e. The molecule has 20 heavy (non-hydrogen) atoms. The van der Waals surface area contributed by atoms with Crippen LogP contribution in [0.4, 0.5) is 5.69 Å². The van der Waals surface area contributed by atoms with Gasteiger partial charge in [-0.3, -0.25) is 14.9 Å². The molecule has 0 bridgehead atoms. The third-order valence-electron chi connectivity index (χ3n) is 3.88. The second-order valence-electron chi connectivity index (χ2n) is 5.27. The van der Waals surface area contributed by atoms with Crippen molar-refractivity contribution in [1.82, 2.24) is 4.90 Å². The highest BCUT2D eigenvalue weighted by Gasteiger charge is 2.22. The van der Waals surface area contributed by atoms with Gasteiger partial charge in [-0.05, 0) is 25.8 Å². The lowest BCUT2D eigenvalue weighted by Gasteiger charge is -2.25. The van der Waals surface area contributed by atoms with Gasteiger partial charge in [-0.2, -0.15) is 0 Å². The van der Waals surface area contributed by atoms with E-state index < -0.39 is 4.92 Å². The zero-order valence-corrected chi connectivity index (χ0v) is 11.8. The van der Waals surface area contributed by atoms with E-state index in [1.807, 2.05) is 4.90 Å². The first-order valence-corrected chi connectivity index (χ1v) is 7.14. The highest BCUT2D eigenvalue weighted by molar-refractivity contribution is 5.96. The number of carbonyl (C=O) groups is 1. The van der Waals surface area contributed by atoms with Gasteiger partial charge in [-0.15, -0.1) is 0 Å². The topological polar surface area (TPSA) is 63.5 Å². The van der Waals surface area contributed by atoms with Crippen LogP contribution in [0, 0.1) is 17.0 Å². The summed E-state index contributed by atoms with van der Waals surface area (Å²) in [6, 6.07) is 4.71. The van der Waals surface area contributed by atoms with E-state index >= 15 is 0 Å². The summed E-state index contributed by atoms with van der Waals surface area (Å²) >= 11 is 0. The molecule has 1 saturated heterocycles. The number of likely N-dealkylation sites (tertiary alicyclic amines) is 1. The largest absolute Gasteiger partial charge is 0.339 e. The third-order valence-corrected chi connectivity index (χ3v) is 3.88. The summed E-state index contributed by atoms with van der Waals surface area (Å²) in [4.78, 5) is 24.9. The van der Waals surface area contributed by atoms with E-state index in [9.17, 15) is 14.9 Å². The van der Waals surface area contributed by atoms with E-state index in [0.29, 0.717) is 11.1 Å². The van der Waals surface area contributed by atoms with Gasteiger partial charge in [-0.1, -0.05) is 25.3 Å². The molecule has 108 valence electrons. The molecule has 1 aromatic rings. The van der Waals surface area contributed by atoms with Crippen molar-refractivity contribution in [2.75, 3.05) is 13.1 Å². The molecule has 1 aliphatic heterocycles. The predicted molar refractivity (Wildman–Crippen MR) is 76.8 cm³/mol. The fourth-order valence-corrected chi connectivity index (χ4v) is 2.67. The van der Waals surface area contributed by atoms with Gasteiger partial charge < -0.3 is 4.90 Å². The van der Waals surface area contributed by atoms with Crippen LogP contribution in [0.25, 0.3) is 0 Å². The molecule has 0 radical (unpaired) electrons. The molecule has 5 heteroatoms. The highest BCUT2D eigenvalue weighted by Crippen LogP contribution is 2.23. The maximum atomic E-state index is 12.6. The lowest BCUT2D eigenvalue weighted by Crippen LogP contribution is -2.34. The van der Waals surface area contributed by atoms with Crippen LogP contribution in [0.5, 0.6) is 0 Å². The Morgan fingerprint density at radius 2 is 1.75 bits per heavy atom. The first kappa shape index (κ1) is 14.5. The van der Waals surface area contributed by atoms with Gasteiger partial charge in [-0.25, -0.2) is 0 Å². The summed E-state index contributed by atoms with van der Waals surface area (Å²) in [5, 5.41) is 11.0. The highest BCUT2D eigenvalue weighted by atomic mass is 16.6. The molecule has 0 N–H and O–H groups in total. The number of nitro benzene ring substituents is 1. The van der Waals surface area contributed by atoms with Crippen molar-refractivity contribution in [3.8, 4) is 0 Å². The molecular formula is C15H20N2O3. The van der Waals surface area contributed by atoms with Crippen molar-refractivity contribution in [2.45, 2.75) is 39.0 Å². The zero-order valence-electron chi connectivity index (χ0n) is 11.8. The first-order chi connectivity index (χ1) is 9.61. The summed E-state index contributed by atoms with van der Waals surface area (Å²) in [6.07, 6.45) is 5.56. The van der Waals surface area contributed by atoms with E-state index in [1.54, 1.807) is 19.1 Å². The van der Waals surface area contributed by atoms with E-state index in [1.165, 1.54) is 12.5 Å². The Labute approximate surface area is 118 Å². The number of nitrogens with zero attached hydrogens (tertiary/aromatic N) is 2. The smallest absolute Gasteiger partial charge is 0.273 e. The summed E-state index contributed by atoms with van der Waals surface area (Å²) in [5.41, 5.74) is 0.937. The second kappa shape index (κ2) is 6.50. The van der Waals surface area contributed by atoms with Gasteiger partial charge in [0.25, 0.3) is 11.6 Å². The minimum absolute atomic E-state index is 0.0166. The standard InChI is InChI=1S/C15H20N2O3/c1-12-13(8-7-9-14(12)17(19)20)15(18)16-10-5-3-2-4-6-11-16/h7-9H,2-6,10-11H2,1H3. The molecule has 0 atom stereocenters. The minimum atomic E-state index is -0.431. The Balaban J connectivity index is 2.23. The summed E-state index contributed by atoms with van der Waals surface area (Å²) < 4.78 is 0. The number of benzene rings is 1. The van der Waals surface area contributed by atoms with Crippen molar-refractivity contribution >= 4 is 11.6 Å². The summed E-state index contributed by atoms with van der Waals surface area (Å²) in [6.45, 7) is 3.15. The van der Waals surface area contributed by atoms with Crippen molar-refractivity contribution < 1.29 is 9.72 Å². The van der Waals surface area contributed by atoms with Gasteiger partial charge >= 0.3 is 0 Å². The Morgan fingerprint density at radius 1 is 1.15 bits per heavy atom. The average molecular weight is 276 g/mol. The van der Waals surface area contributed by atoms with Crippen molar-refractivity contribution in [2.24, 2.45) is 0 Å². The molecule has 5 nitrogen and oxygen atoms in total. The number of carbonyl (C=O) groups excluding carboxylic acids is 1. The summed E-state index contributed by atoms with van der Waals surface area (Å²) in [5.74, 6) is -0.0758. The van der Waals surface area contributed by atoms with Crippen molar-refractivity contribution in [1.29, 1.82) is 0 Å². The number of hydrogen-bond donors (Lipinski definition) is 0. The maximum Gasteiger partial charge on any atom is 0.273 e. The number of hydrogen-bond acceptors (Lipinski definition) is 3. The Morgan fingerprint density at radius 3 is 2.35 bits per heavy atom. The lowest BCUT2D eigenvalue weighted by molar-refractivity contribution is -0.385. The monoisotopic (exact) mass is 276 g/mol. The molecule has 1 aromatic carbocycles. The van der Waals surface area contributed by atoms with Gasteiger partial charge in [0, 0.05) is 30.3 Å². The third kappa shape index (κ3) is 3.15. The van der Waals surface area contributed by atoms with Crippen molar-refractivity contribution in [3.05, 3.63) is 39.4 Å². The number of nitro groups is 1. The molecule has 1 heterocycles. The molecule has 1 fully saturated rings. The molecule has 0 saturated carbocycles. The molecule has 1 amide bonds. The molecule has 1 aliphatic rings. The van der Waals surface area contributed by atoms with Crippen LogP contribution in [0.2, 0.25) is 0 Å². The quantitative estimate of drug-likeness (QED) is 0.615. The van der Waals surface area contributed by atoms with Gasteiger partial charge in [0.15, 0.2) is 0 Å². The Hall–Kier alpha value is -1.91. The van der Waals surface area contributed by atoms with E-state index in [4.69, 9.17) is 0 Å². The molecule has 0 unspecified atom stereocenters. The van der Waals surface area contributed by atoms with Gasteiger partial charge in [0.1, 0.15) is 0 Å². The molecule has 0 spiro atoms. The normalized spacial score (nSPS) is 16.4. The van der Waals surface area contributed by atoms with Crippen LogP contribution in [0.3, 0.4) is 0 Å². The van der Waals surface area contributed by atoms with E-state index in [0.717, 1.165) is 38.8 Å². The maximum absolute atomic E-state index is 12.6. The van der Waals surface area contributed by atoms with Crippen LogP contribution in [-0.4, -0.2) is 28.8 Å². The molecule has 0 aliphatic carbocycles. The van der Waals surface area contributed by atoms with Gasteiger partial charge in [0.2, 0.25) is 0 Å². The lowest BCUT2D eigenvalue weighted by atomic mass is 10.0. The zero-order chi connectivity index (χ0) is 14.5. The fourth-order valence-electron chi connectivity index (χ4n) is 2.67. The SMILES string of the molecule is Cc1c(C(=O)N2CCCCCCC2)cccc1[N+](=O)[O-]. The van der Waals surface area contributed by atoms with Gasteiger partial charge in [0.05, 0.1) is 4.92 Å². The second-order valence-corrected chi connectivity index (χ2v) is 5.27. The number of amides is 1. The van der Waals surface area contributed by atoms with Crippen LogP contribution in [-0.2, 0) is 0 Å².